The number of benzene rings is 1. The molecule has 1 heterocycles. The maximum absolute atomic E-state index is 13.7. The summed E-state index contributed by atoms with van der Waals surface area (Å²) in [5.41, 5.74) is 6.49. The molecule has 0 aromatic heterocycles. The van der Waals surface area contributed by atoms with Crippen molar-refractivity contribution in [2.45, 2.75) is 19.3 Å². The van der Waals surface area contributed by atoms with E-state index >= 15 is 0 Å². The minimum Gasteiger partial charge on any atom is -0.494 e. The number of ether oxygens (including phenoxy) is 1. The third kappa shape index (κ3) is 3.28. The van der Waals surface area contributed by atoms with E-state index in [2.05, 4.69) is 0 Å². The van der Waals surface area contributed by atoms with Crippen molar-refractivity contribution >= 4 is 5.91 Å². The molecular formula is C15H21FN2O2. The monoisotopic (exact) mass is 280 g/mol. The van der Waals surface area contributed by atoms with E-state index in [1.807, 2.05) is 4.90 Å². The van der Waals surface area contributed by atoms with Crippen LogP contribution in [0.25, 0.3) is 0 Å². The lowest BCUT2D eigenvalue weighted by molar-refractivity contribution is -0.134. The third-order valence-corrected chi connectivity index (χ3v) is 3.75. The van der Waals surface area contributed by atoms with Gasteiger partial charge in [0.1, 0.15) is 0 Å². The van der Waals surface area contributed by atoms with Crippen LogP contribution in [0.3, 0.4) is 0 Å². The van der Waals surface area contributed by atoms with E-state index in [1.165, 1.54) is 13.2 Å². The number of hydrogen-bond acceptors (Lipinski definition) is 3. The van der Waals surface area contributed by atoms with Crippen LogP contribution in [0.2, 0.25) is 0 Å². The number of likely N-dealkylation sites (tertiary alicyclic amines) is 1. The Morgan fingerprint density at radius 1 is 1.45 bits per heavy atom. The van der Waals surface area contributed by atoms with Crippen molar-refractivity contribution in [2.24, 2.45) is 11.7 Å². The Balaban J connectivity index is 2.05. The standard InChI is InChI=1S/C15H21FN2O2/c1-20-14-5-4-11(9-13(14)16)8-12(10-17)15(19)18-6-2-3-7-18/h4-5,9,12H,2-3,6-8,10,17H2,1H3. The molecule has 1 amide bonds. The highest BCUT2D eigenvalue weighted by molar-refractivity contribution is 5.79. The molecule has 0 bridgehead atoms. The first-order valence-corrected chi connectivity index (χ1v) is 6.97. The lowest BCUT2D eigenvalue weighted by Crippen LogP contribution is -2.38. The Labute approximate surface area is 118 Å². The molecule has 5 heteroatoms. The lowest BCUT2D eigenvalue weighted by Gasteiger charge is -2.22. The van der Waals surface area contributed by atoms with Crippen LogP contribution < -0.4 is 10.5 Å². The second-order valence-electron chi connectivity index (χ2n) is 5.14. The van der Waals surface area contributed by atoms with Gasteiger partial charge in [0.25, 0.3) is 0 Å². The molecule has 1 fully saturated rings. The number of hydrogen-bond donors (Lipinski definition) is 1. The number of nitrogens with zero attached hydrogens (tertiary/aromatic N) is 1. The molecule has 1 aromatic rings. The maximum Gasteiger partial charge on any atom is 0.227 e. The molecule has 2 rings (SSSR count). The van der Waals surface area contributed by atoms with Gasteiger partial charge in [-0.2, -0.15) is 0 Å². The van der Waals surface area contributed by atoms with E-state index in [4.69, 9.17) is 10.5 Å². The van der Waals surface area contributed by atoms with Crippen molar-refractivity contribution in [1.29, 1.82) is 0 Å². The van der Waals surface area contributed by atoms with Crippen molar-refractivity contribution in [3.63, 3.8) is 0 Å². The first kappa shape index (κ1) is 14.8. The molecule has 1 atom stereocenters. The molecule has 1 saturated heterocycles. The first-order chi connectivity index (χ1) is 9.65. The molecule has 0 aliphatic carbocycles. The van der Waals surface area contributed by atoms with E-state index in [9.17, 15) is 9.18 Å². The number of methoxy groups -OCH3 is 1. The van der Waals surface area contributed by atoms with Crippen molar-refractivity contribution in [3.8, 4) is 5.75 Å². The Kier molecular flexibility index (Phi) is 4.95. The minimum atomic E-state index is -0.408. The number of amides is 1. The van der Waals surface area contributed by atoms with Gasteiger partial charge < -0.3 is 15.4 Å². The number of carbonyl (C=O) groups excluding carboxylic acids is 1. The van der Waals surface area contributed by atoms with Crippen LogP contribution in [0.1, 0.15) is 18.4 Å². The van der Waals surface area contributed by atoms with E-state index in [0.29, 0.717) is 6.42 Å². The summed E-state index contributed by atoms with van der Waals surface area (Å²) in [6.45, 7) is 1.90. The summed E-state index contributed by atoms with van der Waals surface area (Å²) in [7, 11) is 1.43. The first-order valence-electron chi connectivity index (χ1n) is 6.97. The highest BCUT2D eigenvalue weighted by atomic mass is 19.1. The summed E-state index contributed by atoms with van der Waals surface area (Å²) in [6.07, 6.45) is 2.58. The summed E-state index contributed by atoms with van der Waals surface area (Å²) in [6, 6.07) is 4.78. The van der Waals surface area contributed by atoms with Gasteiger partial charge in [-0.15, -0.1) is 0 Å². The van der Waals surface area contributed by atoms with Gasteiger partial charge >= 0.3 is 0 Å². The van der Waals surface area contributed by atoms with Crippen LogP contribution in [0.5, 0.6) is 5.75 Å². The Morgan fingerprint density at radius 3 is 2.70 bits per heavy atom. The summed E-state index contributed by atoms with van der Waals surface area (Å²) < 4.78 is 18.5. The molecule has 1 aliphatic heterocycles. The molecule has 0 spiro atoms. The minimum absolute atomic E-state index is 0.0845. The molecule has 0 saturated carbocycles. The summed E-state index contributed by atoms with van der Waals surface area (Å²) in [5.74, 6) is -0.388. The molecular weight excluding hydrogens is 259 g/mol. The van der Waals surface area contributed by atoms with Crippen LogP contribution in [0.15, 0.2) is 18.2 Å². The van der Waals surface area contributed by atoms with Crippen molar-refractivity contribution in [1.82, 2.24) is 4.90 Å². The zero-order valence-corrected chi connectivity index (χ0v) is 11.8. The summed E-state index contributed by atoms with van der Waals surface area (Å²) >= 11 is 0. The Bertz CT molecular complexity index is 473. The predicted octanol–water partition coefficient (Wildman–Crippen LogP) is 1.57. The molecule has 1 aromatic carbocycles. The number of carbonyl (C=O) groups is 1. The zero-order valence-electron chi connectivity index (χ0n) is 11.8. The molecule has 0 radical (unpaired) electrons. The fourth-order valence-corrected chi connectivity index (χ4v) is 2.59. The number of halogens is 1. The highest BCUT2D eigenvalue weighted by Crippen LogP contribution is 2.21. The van der Waals surface area contributed by atoms with E-state index in [-0.39, 0.29) is 24.1 Å². The Morgan fingerprint density at radius 2 is 2.15 bits per heavy atom. The largest absolute Gasteiger partial charge is 0.494 e. The van der Waals surface area contributed by atoms with Gasteiger partial charge in [0, 0.05) is 19.6 Å². The SMILES string of the molecule is COc1ccc(CC(CN)C(=O)N2CCCC2)cc1F. The van der Waals surface area contributed by atoms with Crippen LogP contribution in [0, 0.1) is 11.7 Å². The van der Waals surface area contributed by atoms with Crippen LogP contribution in [0.4, 0.5) is 4.39 Å². The van der Waals surface area contributed by atoms with Gasteiger partial charge in [0.15, 0.2) is 11.6 Å². The molecule has 4 nitrogen and oxygen atoms in total. The van der Waals surface area contributed by atoms with Crippen LogP contribution in [-0.4, -0.2) is 37.6 Å². The fourth-order valence-electron chi connectivity index (χ4n) is 2.59. The smallest absolute Gasteiger partial charge is 0.227 e. The average Bonchev–Trinajstić information content (AvgIpc) is 2.98. The van der Waals surface area contributed by atoms with E-state index in [1.54, 1.807) is 12.1 Å². The molecule has 20 heavy (non-hydrogen) atoms. The van der Waals surface area contributed by atoms with Gasteiger partial charge in [-0.3, -0.25) is 4.79 Å². The molecule has 2 N–H and O–H groups in total. The molecule has 110 valence electrons. The number of nitrogens with two attached hydrogens (primary N) is 1. The Hall–Kier alpha value is -1.62. The third-order valence-electron chi connectivity index (χ3n) is 3.75. The summed E-state index contributed by atoms with van der Waals surface area (Å²) in [4.78, 5) is 14.2. The zero-order chi connectivity index (χ0) is 14.5. The predicted molar refractivity (Wildman–Crippen MR) is 75.0 cm³/mol. The lowest BCUT2D eigenvalue weighted by atomic mass is 9.98. The van der Waals surface area contributed by atoms with Gasteiger partial charge in [0.05, 0.1) is 13.0 Å². The van der Waals surface area contributed by atoms with Crippen LogP contribution in [-0.2, 0) is 11.2 Å². The number of rotatable bonds is 5. The summed E-state index contributed by atoms with van der Waals surface area (Å²) in [5, 5.41) is 0. The second kappa shape index (κ2) is 6.70. The van der Waals surface area contributed by atoms with Crippen molar-refractivity contribution in [2.75, 3.05) is 26.7 Å². The fraction of sp³-hybridized carbons (Fsp3) is 0.533. The van der Waals surface area contributed by atoms with Crippen LogP contribution >= 0.6 is 0 Å². The molecule has 1 unspecified atom stereocenters. The topological polar surface area (TPSA) is 55.6 Å². The van der Waals surface area contributed by atoms with Gasteiger partial charge in [-0.05, 0) is 37.0 Å². The van der Waals surface area contributed by atoms with E-state index < -0.39 is 5.82 Å². The quantitative estimate of drug-likeness (QED) is 0.891. The van der Waals surface area contributed by atoms with Gasteiger partial charge in [-0.1, -0.05) is 6.07 Å². The van der Waals surface area contributed by atoms with E-state index in [0.717, 1.165) is 31.5 Å². The second-order valence-corrected chi connectivity index (χ2v) is 5.14. The maximum atomic E-state index is 13.7. The average molecular weight is 280 g/mol. The highest BCUT2D eigenvalue weighted by Gasteiger charge is 2.25. The normalized spacial score (nSPS) is 16.2. The van der Waals surface area contributed by atoms with Gasteiger partial charge in [-0.25, -0.2) is 4.39 Å². The van der Waals surface area contributed by atoms with Crippen molar-refractivity contribution in [3.05, 3.63) is 29.6 Å². The van der Waals surface area contributed by atoms with Crippen molar-refractivity contribution < 1.29 is 13.9 Å². The van der Waals surface area contributed by atoms with Gasteiger partial charge in [0.2, 0.25) is 5.91 Å². The molecule has 1 aliphatic rings.